The first kappa shape index (κ1) is 11.7. The number of benzene rings is 2. The number of hydrogen-bond donors (Lipinski definition) is 0. The number of carbonyl (C=O) groups excluding carboxylic acids is 1. The fraction of sp³-hybridized carbons (Fsp3) is 0.0714. The van der Waals surface area contributed by atoms with Gasteiger partial charge in [-0.25, -0.2) is 0 Å². The third-order valence-electron chi connectivity index (χ3n) is 2.53. The summed E-state index contributed by atoms with van der Waals surface area (Å²) < 4.78 is 5.16. The van der Waals surface area contributed by atoms with Gasteiger partial charge in [0.25, 0.3) is 0 Å². The van der Waals surface area contributed by atoms with Crippen LogP contribution < -0.4 is 4.74 Å². The summed E-state index contributed by atoms with van der Waals surface area (Å²) in [5.74, 6) is 0.642. The van der Waals surface area contributed by atoms with Gasteiger partial charge in [0.1, 0.15) is 12.0 Å². The molecule has 0 aliphatic rings. The van der Waals surface area contributed by atoms with Gasteiger partial charge >= 0.3 is 0 Å². The Labute approximate surface area is 105 Å². The largest absolute Gasteiger partial charge is 0.495 e. The zero-order valence-corrected chi connectivity index (χ0v) is 10.1. The lowest BCUT2D eigenvalue weighted by atomic mass is 10.0. The lowest BCUT2D eigenvalue weighted by molar-refractivity contribution is 0.112. The first-order valence-corrected chi connectivity index (χ1v) is 5.51. The van der Waals surface area contributed by atoms with E-state index in [1.807, 2.05) is 24.3 Å². The second kappa shape index (κ2) is 5.02. The van der Waals surface area contributed by atoms with Gasteiger partial charge in [-0.2, -0.15) is 0 Å². The van der Waals surface area contributed by atoms with E-state index in [1.165, 1.54) is 0 Å². The number of methoxy groups -OCH3 is 1. The van der Waals surface area contributed by atoms with Crippen LogP contribution in [0.25, 0.3) is 11.1 Å². The minimum atomic E-state index is 0.584. The number of carbonyl (C=O) groups is 1. The summed E-state index contributed by atoms with van der Waals surface area (Å²) in [7, 11) is 1.58. The van der Waals surface area contributed by atoms with Crippen molar-refractivity contribution >= 4 is 17.9 Å². The summed E-state index contributed by atoms with van der Waals surface area (Å²) in [5, 5.41) is 0.584. The van der Waals surface area contributed by atoms with Crippen molar-refractivity contribution < 1.29 is 9.53 Å². The summed E-state index contributed by atoms with van der Waals surface area (Å²) in [6.07, 6.45) is 0.826. The van der Waals surface area contributed by atoms with Gasteiger partial charge in [0.2, 0.25) is 0 Å². The van der Waals surface area contributed by atoms with E-state index in [2.05, 4.69) is 0 Å². The van der Waals surface area contributed by atoms with Crippen molar-refractivity contribution in [3.05, 3.63) is 53.1 Å². The molecule has 0 saturated heterocycles. The van der Waals surface area contributed by atoms with Crippen molar-refractivity contribution in [2.45, 2.75) is 0 Å². The summed E-state index contributed by atoms with van der Waals surface area (Å²) in [6, 6.07) is 12.9. The number of rotatable bonds is 3. The minimum Gasteiger partial charge on any atom is -0.495 e. The monoisotopic (exact) mass is 246 g/mol. The Kier molecular flexibility index (Phi) is 3.45. The Hall–Kier alpha value is -1.80. The molecule has 3 heteroatoms. The normalized spacial score (nSPS) is 10.0. The second-order valence-electron chi connectivity index (χ2n) is 3.59. The Balaban J connectivity index is 2.41. The van der Waals surface area contributed by atoms with Crippen LogP contribution in [0.4, 0.5) is 0 Å². The average molecular weight is 247 g/mol. The molecule has 17 heavy (non-hydrogen) atoms. The fourth-order valence-electron chi connectivity index (χ4n) is 1.59. The van der Waals surface area contributed by atoms with E-state index < -0.39 is 0 Å². The van der Waals surface area contributed by atoms with Crippen LogP contribution in [-0.4, -0.2) is 13.4 Å². The maximum absolute atomic E-state index is 10.6. The van der Waals surface area contributed by atoms with Crippen LogP contribution in [-0.2, 0) is 0 Å². The zero-order valence-electron chi connectivity index (χ0n) is 9.31. The molecule has 0 bridgehead atoms. The molecule has 2 rings (SSSR count). The highest BCUT2D eigenvalue weighted by Crippen LogP contribution is 2.30. The number of hydrogen-bond acceptors (Lipinski definition) is 2. The molecule has 0 amide bonds. The highest BCUT2D eigenvalue weighted by atomic mass is 35.5. The van der Waals surface area contributed by atoms with Crippen LogP contribution in [0.1, 0.15) is 10.4 Å². The maximum atomic E-state index is 10.6. The Morgan fingerprint density at radius 1 is 1.06 bits per heavy atom. The fourth-order valence-corrected chi connectivity index (χ4v) is 1.79. The molecule has 0 spiro atoms. The van der Waals surface area contributed by atoms with Crippen LogP contribution in [0.5, 0.6) is 5.75 Å². The van der Waals surface area contributed by atoms with E-state index in [9.17, 15) is 4.79 Å². The average Bonchev–Trinajstić information content (AvgIpc) is 2.39. The Morgan fingerprint density at radius 2 is 1.71 bits per heavy atom. The molecule has 0 N–H and O–H groups in total. The molecule has 0 aromatic heterocycles. The van der Waals surface area contributed by atoms with Gasteiger partial charge in [-0.1, -0.05) is 41.9 Å². The van der Waals surface area contributed by atoms with Crippen LogP contribution in [0.3, 0.4) is 0 Å². The molecule has 0 radical (unpaired) electrons. The topological polar surface area (TPSA) is 26.3 Å². The second-order valence-corrected chi connectivity index (χ2v) is 4.00. The molecule has 0 unspecified atom stereocenters. The molecule has 0 aliphatic carbocycles. The quantitative estimate of drug-likeness (QED) is 0.770. The van der Waals surface area contributed by atoms with Gasteiger partial charge in [-0.15, -0.1) is 0 Å². The Morgan fingerprint density at radius 3 is 2.29 bits per heavy atom. The van der Waals surface area contributed by atoms with Crippen LogP contribution in [0, 0.1) is 0 Å². The van der Waals surface area contributed by atoms with E-state index in [1.54, 1.807) is 25.3 Å². The smallest absolute Gasteiger partial charge is 0.150 e. The van der Waals surface area contributed by atoms with E-state index in [4.69, 9.17) is 16.3 Å². The van der Waals surface area contributed by atoms with Crippen molar-refractivity contribution in [1.82, 2.24) is 0 Å². The molecular formula is C14H11ClO2. The number of ether oxygens (including phenoxy) is 1. The van der Waals surface area contributed by atoms with E-state index >= 15 is 0 Å². The van der Waals surface area contributed by atoms with Crippen molar-refractivity contribution in [2.24, 2.45) is 0 Å². The Bertz CT molecular complexity index is 532. The van der Waals surface area contributed by atoms with Gasteiger partial charge in [-0.3, -0.25) is 4.79 Å². The standard InChI is InChI=1S/C14H11ClO2/c1-17-14-8-12(6-7-13(14)15)11-4-2-10(9-16)3-5-11/h2-9H,1H3. The van der Waals surface area contributed by atoms with Crippen molar-refractivity contribution in [3.8, 4) is 16.9 Å². The van der Waals surface area contributed by atoms with E-state index in [-0.39, 0.29) is 0 Å². The third-order valence-corrected chi connectivity index (χ3v) is 2.84. The molecule has 0 fully saturated rings. The molecule has 0 atom stereocenters. The summed E-state index contributed by atoms with van der Waals surface area (Å²) in [5.41, 5.74) is 2.68. The van der Waals surface area contributed by atoms with Crippen LogP contribution in [0.2, 0.25) is 5.02 Å². The minimum absolute atomic E-state index is 0.584. The lowest BCUT2D eigenvalue weighted by Gasteiger charge is -2.06. The van der Waals surface area contributed by atoms with Crippen molar-refractivity contribution in [3.63, 3.8) is 0 Å². The maximum Gasteiger partial charge on any atom is 0.150 e. The van der Waals surface area contributed by atoms with Crippen molar-refractivity contribution in [1.29, 1.82) is 0 Å². The SMILES string of the molecule is COc1cc(-c2ccc(C=O)cc2)ccc1Cl. The van der Waals surface area contributed by atoms with Gasteiger partial charge in [-0.05, 0) is 23.3 Å². The van der Waals surface area contributed by atoms with Gasteiger partial charge in [0.05, 0.1) is 12.1 Å². The summed E-state index contributed by atoms with van der Waals surface area (Å²) in [6.45, 7) is 0. The number of halogens is 1. The molecule has 86 valence electrons. The molecular weight excluding hydrogens is 236 g/mol. The zero-order chi connectivity index (χ0) is 12.3. The van der Waals surface area contributed by atoms with E-state index in [0.29, 0.717) is 16.3 Å². The van der Waals surface area contributed by atoms with Gasteiger partial charge in [0, 0.05) is 5.56 Å². The summed E-state index contributed by atoms with van der Waals surface area (Å²) >= 11 is 5.96. The van der Waals surface area contributed by atoms with Crippen molar-refractivity contribution in [2.75, 3.05) is 7.11 Å². The highest BCUT2D eigenvalue weighted by molar-refractivity contribution is 6.32. The van der Waals surface area contributed by atoms with Crippen LogP contribution >= 0.6 is 11.6 Å². The van der Waals surface area contributed by atoms with E-state index in [0.717, 1.165) is 17.4 Å². The molecule has 0 saturated carbocycles. The molecule has 2 aromatic rings. The third kappa shape index (κ3) is 2.48. The molecule has 2 aromatic carbocycles. The highest BCUT2D eigenvalue weighted by Gasteiger charge is 2.03. The predicted molar refractivity (Wildman–Crippen MR) is 68.8 cm³/mol. The first-order valence-electron chi connectivity index (χ1n) is 5.14. The first-order chi connectivity index (χ1) is 8.24. The van der Waals surface area contributed by atoms with Gasteiger partial charge in [0.15, 0.2) is 0 Å². The molecule has 0 heterocycles. The molecule has 0 aliphatic heterocycles. The molecule has 2 nitrogen and oxygen atoms in total. The van der Waals surface area contributed by atoms with Gasteiger partial charge < -0.3 is 4.74 Å². The number of aldehydes is 1. The predicted octanol–water partition coefficient (Wildman–Crippen LogP) is 3.83. The lowest BCUT2D eigenvalue weighted by Crippen LogP contribution is -1.86. The van der Waals surface area contributed by atoms with Crippen LogP contribution in [0.15, 0.2) is 42.5 Å². The summed E-state index contributed by atoms with van der Waals surface area (Å²) in [4.78, 5) is 10.6.